The maximum absolute atomic E-state index is 11.6. The van der Waals surface area contributed by atoms with Gasteiger partial charge in [-0.25, -0.2) is 0 Å². The van der Waals surface area contributed by atoms with Crippen molar-refractivity contribution in [1.82, 2.24) is 0 Å². The molecule has 0 atom stereocenters. The molecule has 0 unspecified atom stereocenters. The van der Waals surface area contributed by atoms with Crippen molar-refractivity contribution in [1.29, 1.82) is 0 Å². The Morgan fingerprint density at radius 2 is 1.76 bits per heavy atom. The minimum atomic E-state index is -0.555. The fourth-order valence-electron chi connectivity index (χ4n) is 3.00. The van der Waals surface area contributed by atoms with Crippen LogP contribution in [0.25, 0.3) is 0 Å². The van der Waals surface area contributed by atoms with Gasteiger partial charge in [0.25, 0.3) is 0 Å². The van der Waals surface area contributed by atoms with Gasteiger partial charge in [-0.05, 0) is 56.3 Å². The third-order valence-electron chi connectivity index (χ3n) is 4.58. The molecule has 0 spiro atoms. The Bertz CT molecular complexity index is 248. The highest BCUT2D eigenvalue weighted by atomic mass is 16.4. The molecule has 0 aliphatic heterocycles. The Hall–Kier alpha value is -0.530. The van der Waals surface area contributed by atoms with Gasteiger partial charge in [0.1, 0.15) is 0 Å². The minimum absolute atomic E-state index is 0.407. The summed E-state index contributed by atoms with van der Waals surface area (Å²) in [5.41, 5.74) is -0.407. The van der Waals surface area contributed by atoms with Crippen LogP contribution in [0.3, 0.4) is 0 Å². The number of aliphatic carboxylic acids is 1. The molecule has 1 N–H and O–H groups in total. The number of carboxylic acid groups (broad SMARTS) is 1. The fraction of sp³-hybridized carbons (Fsp3) is 0.933. The molecule has 0 aromatic rings. The highest BCUT2D eigenvalue weighted by Gasteiger charge is 2.41. The Morgan fingerprint density at radius 1 is 1.24 bits per heavy atom. The van der Waals surface area contributed by atoms with Crippen molar-refractivity contribution in [3.63, 3.8) is 0 Å². The number of carbonyl (C=O) groups is 1. The molecule has 1 aliphatic carbocycles. The van der Waals surface area contributed by atoms with E-state index >= 15 is 0 Å². The Balaban J connectivity index is 2.60. The average Bonchev–Trinajstić information content (AvgIpc) is 2.26. The number of rotatable bonds is 5. The molecule has 1 fully saturated rings. The van der Waals surface area contributed by atoms with E-state index in [1.807, 2.05) is 0 Å². The lowest BCUT2D eigenvalue weighted by Gasteiger charge is -2.38. The zero-order valence-electron chi connectivity index (χ0n) is 11.8. The lowest BCUT2D eigenvalue weighted by molar-refractivity contribution is -0.152. The molecule has 0 heterocycles. The fourth-order valence-corrected chi connectivity index (χ4v) is 3.00. The molecule has 1 aliphatic rings. The summed E-state index contributed by atoms with van der Waals surface area (Å²) in [5.74, 6) is 1.49. The zero-order valence-corrected chi connectivity index (χ0v) is 11.8. The highest BCUT2D eigenvalue weighted by molar-refractivity contribution is 5.74. The van der Waals surface area contributed by atoms with Gasteiger partial charge in [0.2, 0.25) is 0 Å². The van der Waals surface area contributed by atoms with Crippen molar-refractivity contribution in [2.45, 2.75) is 66.2 Å². The second kappa shape index (κ2) is 5.88. The largest absolute Gasteiger partial charge is 0.481 e. The van der Waals surface area contributed by atoms with E-state index in [1.165, 1.54) is 0 Å². The van der Waals surface area contributed by atoms with Crippen molar-refractivity contribution in [3.8, 4) is 0 Å². The van der Waals surface area contributed by atoms with Crippen molar-refractivity contribution in [2.24, 2.45) is 23.2 Å². The average molecular weight is 240 g/mol. The molecule has 0 aromatic heterocycles. The normalized spacial score (nSPS) is 29.9. The molecule has 0 amide bonds. The summed E-state index contributed by atoms with van der Waals surface area (Å²) < 4.78 is 0. The van der Waals surface area contributed by atoms with Gasteiger partial charge in [-0.15, -0.1) is 0 Å². The van der Waals surface area contributed by atoms with E-state index in [-0.39, 0.29) is 0 Å². The highest BCUT2D eigenvalue weighted by Crippen LogP contribution is 2.45. The Kier molecular flexibility index (Phi) is 5.03. The van der Waals surface area contributed by atoms with Gasteiger partial charge in [-0.2, -0.15) is 0 Å². The van der Waals surface area contributed by atoms with Gasteiger partial charge in [0, 0.05) is 0 Å². The Labute approximate surface area is 106 Å². The molecular formula is C15H28O2. The van der Waals surface area contributed by atoms with Crippen LogP contribution < -0.4 is 0 Å². The van der Waals surface area contributed by atoms with E-state index in [0.717, 1.165) is 44.4 Å². The van der Waals surface area contributed by atoms with Crippen LogP contribution in [0.15, 0.2) is 0 Å². The maximum Gasteiger partial charge on any atom is 0.309 e. The predicted octanol–water partition coefficient (Wildman–Crippen LogP) is 4.34. The van der Waals surface area contributed by atoms with Gasteiger partial charge in [-0.1, -0.05) is 27.7 Å². The summed E-state index contributed by atoms with van der Waals surface area (Å²) in [5, 5.41) is 9.53. The summed E-state index contributed by atoms with van der Waals surface area (Å²) in [6.45, 7) is 8.86. The summed E-state index contributed by atoms with van der Waals surface area (Å²) in [6, 6.07) is 0. The first-order valence-corrected chi connectivity index (χ1v) is 7.11. The van der Waals surface area contributed by atoms with Gasteiger partial charge >= 0.3 is 5.97 Å². The van der Waals surface area contributed by atoms with Crippen molar-refractivity contribution in [2.75, 3.05) is 0 Å². The van der Waals surface area contributed by atoms with E-state index in [2.05, 4.69) is 27.7 Å². The Morgan fingerprint density at radius 3 is 2.12 bits per heavy atom. The summed E-state index contributed by atoms with van der Waals surface area (Å²) in [4.78, 5) is 11.6. The second-order valence-corrected chi connectivity index (χ2v) is 6.60. The third kappa shape index (κ3) is 3.72. The van der Waals surface area contributed by atoms with Crippen LogP contribution in [-0.2, 0) is 4.79 Å². The molecule has 0 radical (unpaired) electrons. The van der Waals surface area contributed by atoms with Crippen LogP contribution in [0.1, 0.15) is 66.2 Å². The van der Waals surface area contributed by atoms with Crippen molar-refractivity contribution >= 4 is 5.97 Å². The first kappa shape index (κ1) is 14.5. The lowest BCUT2D eigenvalue weighted by atomic mass is 9.65. The molecule has 0 bridgehead atoms. The van der Waals surface area contributed by atoms with Crippen LogP contribution in [0.2, 0.25) is 0 Å². The first-order chi connectivity index (χ1) is 7.87. The van der Waals surface area contributed by atoms with E-state index < -0.39 is 11.4 Å². The standard InChI is InChI=1S/C15H28O2/c1-11(2)5-8-15(14(16)17)9-6-13(7-10-15)12(3)4/h11-13H,5-10H2,1-4H3,(H,16,17). The first-order valence-electron chi connectivity index (χ1n) is 7.11. The predicted molar refractivity (Wildman–Crippen MR) is 70.9 cm³/mol. The monoisotopic (exact) mass is 240 g/mol. The van der Waals surface area contributed by atoms with Crippen molar-refractivity contribution in [3.05, 3.63) is 0 Å². The van der Waals surface area contributed by atoms with Crippen molar-refractivity contribution < 1.29 is 9.90 Å². The molecule has 100 valence electrons. The van der Waals surface area contributed by atoms with Crippen LogP contribution in [0.5, 0.6) is 0 Å². The number of hydrogen-bond donors (Lipinski definition) is 1. The molecule has 0 aromatic carbocycles. The lowest BCUT2D eigenvalue weighted by Crippen LogP contribution is -2.36. The van der Waals surface area contributed by atoms with E-state index in [0.29, 0.717) is 11.8 Å². The molecule has 0 saturated heterocycles. The van der Waals surface area contributed by atoms with E-state index in [9.17, 15) is 9.90 Å². The van der Waals surface area contributed by atoms with Crippen LogP contribution in [0.4, 0.5) is 0 Å². The van der Waals surface area contributed by atoms with E-state index in [1.54, 1.807) is 0 Å². The van der Waals surface area contributed by atoms with Crippen LogP contribution >= 0.6 is 0 Å². The van der Waals surface area contributed by atoms with Gasteiger partial charge in [0.15, 0.2) is 0 Å². The quantitative estimate of drug-likeness (QED) is 0.776. The van der Waals surface area contributed by atoms with Gasteiger partial charge in [-0.3, -0.25) is 4.79 Å². The smallest absolute Gasteiger partial charge is 0.309 e. The van der Waals surface area contributed by atoms with Crippen LogP contribution in [0, 0.1) is 23.2 Å². The van der Waals surface area contributed by atoms with E-state index in [4.69, 9.17) is 0 Å². The molecular weight excluding hydrogens is 212 g/mol. The molecule has 1 saturated carbocycles. The van der Waals surface area contributed by atoms with Crippen LogP contribution in [-0.4, -0.2) is 11.1 Å². The molecule has 2 heteroatoms. The summed E-state index contributed by atoms with van der Waals surface area (Å²) in [7, 11) is 0. The SMILES string of the molecule is CC(C)CCC1(C(=O)O)CCC(C(C)C)CC1. The minimum Gasteiger partial charge on any atom is -0.481 e. The molecule has 17 heavy (non-hydrogen) atoms. The summed E-state index contributed by atoms with van der Waals surface area (Å²) >= 11 is 0. The topological polar surface area (TPSA) is 37.3 Å². The second-order valence-electron chi connectivity index (χ2n) is 6.60. The number of carboxylic acids is 1. The maximum atomic E-state index is 11.6. The van der Waals surface area contributed by atoms with Gasteiger partial charge < -0.3 is 5.11 Å². The molecule has 1 rings (SSSR count). The summed E-state index contributed by atoms with van der Waals surface area (Å²) in [6.07, 6.45) is 5.88. The zero-order chi connectivity index (χ0) is 13.1. The van der Waals surface area contributed by atoms with Gasteiger partial charge in [0.05, 0.1) is 5.41 Å². The molecule has 2 nitrogen and oxygen atoms in total. The number of hydrogen-bond acceptors (Lipinski definition) is 1. The third-order valence-corrected chi connectivity index (χ3v) is 4.58.